The number of hydrogen-bond donors (Lipinski definition) is 3. The van der Waals surface area contributed by atoms with Crippen LogP contribution in [0.3, 0.4) is 0 Å². The molecule has 6 nitrogen and oxygen atoms in total. The van der Waals surface area contributed by atoms with E-state index < -0.39 is 5.91 Å². The van der Waals surface area contributed by atoms with Gasteiger partial charge in [-0.05, 0) is 82.7 Å². The SMILES string of the molecule is C/C=C(\C)CCc1ccccn1.CC/C=c1\c(C(N)=O)c(N)n(-c2cc(O)ccc2C)c1=C(C)CC. The van der Waals surface area contributed by atoms with Crippen LogP contribution in [-0.2, 0) is 6.42 Å². The zero-order valence-corrected chi connectivity index (χ0v) is 22.4. The molecule has 0 aliphatic carbocycles. The maximum absolute atomic E-state index is 12.0. The van der Waals surface area contributed by atoms with E-state index in [1.165, 1.54) is 11.3 Å². The van der Waals surface area contributed by atoms with Crippen molar-refractivity contribution >= 4 is 23.4 Å². The minimum atomic E-state index is -0.547. The summed E-state index contributed by atoms with van der Waals surface area (Å²) in [4.78, 5) is 16.3. The Morgan fingerprint density at radius 1 is 1.17 bits per heavy atom. The summed E-state index contributed by atoms with van der Waals surface area (Å²) >= 11 is 0. The van der Waals surface area contributed by atoms with Crippen LogP contribution in [0.1, 0.15) is 75.5 Å². The number of carbonyl (C=O) groups excluding carboxylic acids is 1. The third-order valence-corrected chi connectivity index (χ3v) is 6.26. The maximum Gasteiger partial charge on any atom is 0.253 e. The second-order valence-electron chi connectivity index (χ2n) is 8.90. The van der Waals surface area contributed by atoms with Crippen LogP contribution in [0.2, 0.25) is 0 Å². The first kappa shape index (κ1) is 28.4. The Labute approximate surface area is 214 Å². The zero-order valence-electron chi connectivity index (χ0n) is 22.4. The van der Waals surface area contributed by atoms with Gasteiger partial charge in [0, 0.05) is 23.2 Å². The minimum Gasteiger partial charge on any atom is -0.508 e. The summed E-state index contributed by atoms with van der Waals surface area (Å²) < 4.78 is 1.83. The molecule has 6 heteroatoms. The van der Waals surface area contributed by atoms with Crippen molar-refractivity contribution in [3.63, 3.8) is 0 Å². The number of phenols is 1. The number of carbonyl (C=O) groups is 1. The van der Waals surface area contributed by atoms with E-state index in [1.54, 1.807) is 12.1 Å². The first-order valence-electron chi connectivity index (χ1n) is 12.5. The number of aryl methyl sites for hydroxylation is 2. The Bertz CT molecular complexity index is 1340. The lowest BCUT2D eigenvalue weighted by atomic mass is 10.1. The third kappa shape index (κ3) is 6.87. The van der Waals surface area contributed by atoms with E-state index in [0.717, 1.165) is 53.1 Å². The van der Waals surface area contributed by atoms with Gasteiger partial charge in [0.1, 0.15) is 11.6 Å². The number of rotatable bonds is 7. The van der Waals surface area contributed by atoms with Crippen molar-refractivity contribution in [2.24, 2.45) is 5.73 Å². The molecule has 5 N–H and O–H groups in total. The average Bonchev–Trinajstić information content (AvgIpc) is 3.16. The number of primary amides is 1. The average molecular weight is 489 g/mol. The molecule has 3 rings (SSSR count). The summed E-state index contributed by atoms with van der Waals surface area (Å²) in [7, 11) is 0. The number of benzene rings is 1. The number of amides is 1. The summed E-state index contributed by atoms with van der Waals surface area (Å²) in [5, 5.41) is 11.5. The van der Waals surface area contributed by atoms with E-state index in [-0.39, 0.29) is 5.75 Å². The minimum absolute atomic E-state index is 0.144. The van der Waals surface area contributed by atoms with Crippen LogP contribution in [-0.4, -0.2) is 20.6 Å². The number of pyridine rings is 1. The molecule has 0 aliphatic heterocycles. The molecule has 3 aromatic rings. The molecule has 2 heterocycles. The number of hydrogen-bond acceptors (Lipinski definition) is 4. The monoisotopic (exact) mass is 488 g/mol. The molecular weight excluding hydrogens is 448 g/mol. The molecule has 36 heavy (non-hydrogen) atoms. The number of nitrogens with two attached hydrogens (primary N) is 2. The van der Waals surface area contributed by atoms with Crippen molar-refractivity contribution in [3.05, 3.63) is 81.6 Å². The van der Waals surface area contributed by atoms with Crippen LogP contribution < -0.4 is 22.0 Å². The van der Waals surface area contributed by atoms with Gasteiger partial charge < -0.3 is 16.6 Å². The van der Waals surface area contributed by atoms with E-state index in [1.807, 2.05) is 55.8 Å². The van der Waals surface area contributed by atoms with Crippen LogP contribution in [0.5, 0.6) is 5.75 Å². The molecule has 0 aliphatic rings. The van der Waals surface area contributed by atoms with Gasteiger partial charge in [-0.3, -0.25) is 14.3 Å². The molecule has 0 radical (unpaired) electrons. The third-order valence-electron chi connectivity index (χ3n) is 6.26. The molecular formula is C30H40N4O2. The van der Waals surface area contributed by atoms with Gasteiger partial charge in [-0.15, -0.1) is 0 Å². The Hall–Kier alpha value is -3.80. The summed E-state index contributed by atoms with van der Waals surface area (Å²) in [6.45, 7) is 12.2. The van der Waals surface area contributed by atoms with Gasteiger partial charge in [-0.2, -0.15) is 0 Å². The van der Waals surface area contributed by atoms with Crippen LogP contribution in [0.15, 0.2) is 54.2 Å². The van der Waals surface area contributed by atoms with Crippen molar-refractivity contribution in [3.8, 4) is 11.4 Å². The van der Waals surface area contributed by atoms with E-state index >= 15 is 0 Å². The van der Waals surface area contributed by atoms with Gasteiger partial charge >= 0.3 is 0 Å². The fourth-order valence-electron chi connectivity index (χ4n) is 3.96. The summed E-state index contributed by atoms with van der Waals surface area (Å²) in [6, 6.07) is 11.2. The first-order valence-corrected chi connectivity index (χ1v) is 12.5. The molecule has 192 valence electrons. The molecule has 0 fully saturated rings. The number of phenolic OH excluding ortho intramolecular Hbond substituents is 1. The molecule has 2 aromatic heterocycles. The Kier molecular flexibility index (Phi) is 10.5. The van der Waals surface area contributed by atoms with Crippen LogP contribution in [0.25, 0.3) is 17.3 Å². The first-order chi connectivity index (χ1) is 17.2. The van der Waals surface area contributed by atoms with Gasteiger partial charge in [0.2, 0.25) is 0 Å². The van der Waals surface area contributed by atoms with Gasteiger partial charge in [0.05, 0.1) is 16.6 Å². The second-order valence-corrected chi connectivity index (χ2v) is 8.90. The molecule has 1 amide bonds. The van der Waals surface area contributed by atoms with E-state index in [0.29, 0.717) is 11.4 Å². The zero-order chi connectivity index (χ0) is 26.8. The highest BCUT2D eigenvalue weighted by molar-refractivity contribution is 5.98. The highest BCUT2D eigenvalue weighted by atomic mass is 16.3. The standard InChI is InChI=1S/C19H25N3O2.C11H15N/c1-5-7-14-16(19(21)24)18(20)22(17(14)11(3)6-2)15-10-13(23)9-8-12(15)4;1-3-10(2)7-8-11-6-4-5-9-12-11/h7-10,23H,5-6,20H2,1-4H3,(H2,21,24);3-6,9H,7-8H2,1-2H3/b14-7+,17-11?;10-3+. The van der Waals surface area contributed by atoms with Crippen LogP contribution >= 0.6 is 0 Å². The lowest BCUT2D eigenvalue weighted by Gasteiger charge is -2.12. The lowest BCUT2D eigenvalue weighted by molar-refractivity contribution is 0.100. The van der Waals surface area contributed by atoms with E-state index in [9.17, 15) is 9.90 Å². The van der Waals surface area contributed by atoms with Crippen molar-refractivity contribution < 1.29 is 9.90 Å². The van der Waals surface area contributed by atoms with Gasteiger partial charge in [0.25, 0.3) is 5.91 Å². The number of anilines is 1. The predicted octanol–water partition coefficient (Wildman–Crippen LogP) is 4.92. The number of aromatic nitrogens is 2. The number of allylic oxidation sites excluding steroid dienone is 2. The van der Waals surface area contributed by atoms with Gasteiger partial charge in [0.15, 0.2) is 0 Å². The maximum atomic E-state index is 12.0. The number of aromatic hydroxyl groups is 1. The van der Waals surface area contributed by atoms with Crippen molar-refractivity contribution in [2.45, 2.75) is 67.2 Å². The smallest absolute Gasteiger partial charge is 0.253 e. The topological polar surface area (TPSA) is 107 Å². The molecule has 0 unspecified atom stereocenters. The highest BCUT2D eigenvalue weighted by Gasteiger charge is 2.20. The van der Waals surface area contributed by atoms with Crippen LogP contribution in [0.4, 0.5) is 5.82 Å². The molecule has 0 bridgehead atoms. The molecule has 0 saturated heterocycles. The number of nitrogens with zero attached hydrogens (tertiary/aromatic N) is 2. The fraction of sp³-hybridized carbons (Fsp3) is 0.333. The summed E-state index contributed by atoms with van der Waals surface area (Å²) in [5.41, 5.74) is 17.7. The number of nitrogen functional groups attached to an aromatic ring is 1. The van der Waals surface area contributed by atoms with Crippen molar-refractivity contribution in [2.75, 3.05) is 5.73 Å². The predicted molar refractivity (Wildman–Crippen MR) is 150 cm³/mol. The summed E-state index contributed by atoms with van der Waals surface area (Å²) in [6.07, 6.45) is 9.71. The molecule has 0 spiro atoms. The highest BCUT2D eigenvalue weighted by Crippen LogP contribution is 2.22. The molecule has 0 saturated carbocycles. The molecule has 0 atom stereocenters. The Morgan fingerprint density at radius 3 is 2.44 bits per heavy atom. The van der Waals surface area contributed by atoms with Crippen molar-refractivity contribution in [1.29, 1.82) is 0 Å². The van der Waals surface area contributed by atoms with Crippen LogP contribution in [0, 0.1) is 6.92 Å². The second kappa shape index (κ2) is 13.3. The Morgan fingerprint density at radius 2 is 1.89 bits per heavy atom. The quantitative estimate of drug-likeness (QED) is 0.410. The van der Waals surface area contributed by atoms with Gasteiger partial charge in [-0.1, -0.05) is 43.7 Å². The summed E-state index contributed by atoms with van der Waals surface area (Å²) in [5.74, 6) is -0.0990. The lowest BCUT2D eigenvalue weighted by Crippen LogP contribution is -2.34. The largest absolute Gasteiger partial charge is 0.508 e. The van der Waals surface area contributed by atoms with Crippen molar-refractivity contribution in [1.82, 2.24) is 9.55 Å². The van der Waals surface area contributed by atoms with Gasteiger partial charge in [-0.25, -0.2) is 0 Å². The van der Waals surface area contributed by atoms with E-state index in [4.69, 9.17) is 11.5 Å². The Balaban J connectivity index is 0.000000319. The fourth-order valence-corrected chi connectivity index (χ4v) is 3.96. The van der Waals surface area contributed by atoms with E-state index in [2.05, 4.69) is 37.9 Å². The molecule has 1 aromatic carbocycles. The normalized spacial score (nSPS) is 12.7.